The second-order valence-corrected chi connectivity index (χ2v) is 3.67. The van der Waals surface area contributed by atoms with Crippen molar-refractivity contribution in [2.75, 3.05) is 0 Å². The Morgan fingerprint density at radius 2 is 2.07 bits per heavy atom. The molecule has 0 heterocycles. The Morgan fingerprint density at radius 1 is 1.43 bits per heavy atom. The molecule has 0 atom stereocenters. The molecular weight excluding hydrogens is 196 g/mol. The zero-order valence-electron chi connectivity index (χ0n) is 8.03. The lowest BCUT2D eigenvalue weighted by Gasteiger charge is -2.03. The molecule has 74 valence electrons. The number of allylic oxidation sites excluding steroid dienone is 1. The molecule has 0 aliphatic heterocycles. The van der Waals surface area contributed by atoms with Gasteiger partial charge in [0, 0.05) is 11.3 Å². The molecule has 1 aromatic rings. The van der Waals surface area contributed by atoms with Crippen LogP contribution >= 0.6 is 11.8 Å². The SMILES string of the molecule is C=C(CC)OC(=O)Sc1ccccc1. The van der Waals surface area contributed by atoms with Crippen LogP contribution in [0.3, 0.4) is 0 Å². The van der Waals surface area contributed by atoms with Gasteiger partial charge in [0.05, 0.1) is 0 Å². The first-order valence-electron chi connectivity index (χ1n) is 4.35. The second-order valence-electron chi connectivity index (χ2n) is 2.66. The number of carbonyl (C=O) groups is 1. The molecule has 0 saturated carbocycles. The Balaban J connectivity index is 2.46. The fourth-order valence-corrected chi connectivity index (χ4v) is 1.44. The van der Waals surface area contributed by atoms with Gasteiger partial charge in [-0.2, -0.15) is 0 Å². The third-order valence-electron chi connectivity index (χ3n) is 1.57. The van der Waals surface area contributed by atoms with E-state index in [1.165, 1.54) is 0 Å². The van der Waals surface area contributed by atoms with Crippen LogP contribution < -0.4 is 0 Å². The van der Waals surface area contributed by atoms with Crippen molar-refractivity contribution in [3.63, 3.8) is 0 Å². The van der Waals surface area contributed by atoms with Gasteiger partial charge in [-0.25, -0.2) is 4.79 Å². The van der Waals surface area contributed by atoms with Crippen molar-refractivity contribution >= 4 is 17.1 Å². The maximum atomic E-state index is 11.3. The van der Waals surface area contributed by atoms with E-state index >= 15 is 0 Å². The van der Waals surface area contributed by atoms with Crippen LogP contribution in [0.25, 0.3) is 0 Å². The third kappa shape index (κ3) is 3.66. The topological polar surface area (TPSA) is 26.3 Å². The predicted octanol–water partition coefficient (Wildman–Crippen LogP) is 3.84. The van der Waals surface area contributed by atoms with Crippen LogP contribution in [0.2, 0.25) is 0 Å². The molecule has 0 amide bonds. The molecule has 0 N–H and O–H groups in total. The van der Waals surface area contributed by atoms with E-state index in [1.807, 2.05) is 37.3 Å². The number of carbonyl (C=O) groups excluding carboxylic acids is 1. The van der Waals surface area contributed by atoms with Crippen LogP contribution in [0.1, 0.15) is 13.3 Å². The van der Waals surface area contributed by atoms with Crippen LogP contribution in [-0.2, 0) is 4.74 Å². The first-order valence-corrected chi connectivity index (χ1v) is 5.16. The molecule has 1 rings (SSSR count). The van der Waals surface area contributed by atoms with Gasteiger partial charge in [-0.1, -0.05) is 31.7 Å². The molecule has 0 aromatic heterocycles. The largest absolute Gasteiger partial charge is 0.423 e. The highest BCUT2D eigenvalue weighted by atomic mass is 32.2. The van der Waals surface area contributed by atoms with Crippen LogP contribution in [0, 0.1) is 0 Å². The van der Waals surface area contributed by atoms with Gasteiger partial charge in [0.15, 0.2) is 0 Å². The summed E-state index contributed by atoms with van der Waals surface area (Å²) in [5.41, 5.74) is 0. The van der Waals surface area contributed by atoms with E-state index in [9.17, 15) is 4.79 Å². The number of rotatable bonds is 3. The van der Waals surface area contributed by atoms with Crippen LogP contribution in [0.4, 0.5) is 4.79 Å². The summed E-state index contributed by atoms with van der Waals surface area (Å²) >= 11 is 1.07. The minimum Gasteiger partial charge on any atom is -0.423 e. The van der Waals surface area contributed by atoms with E-state index < -0.39 is 0 Å². The van der Waals surface area contributed by atoms with Gasteiger partial charge in [-0.3, -0.25) is 0 Å². The molecule has 0 fully saturated rings. The number of benzene rings is 1. The lowest BCUT2D eigenvalue weighted by molar-refractivity contribution is 0.202. The quantitative estimate of drug-likeness (QED) is 0.429. The first kappa shape index (κ1) is 10.9. The molecule has 0 aliphatic rings. The van der Waals surface area contributed by atoms with E-state index in [0.29, 0.717) is 12.2 Å². The number of thioether (sulfide) groups is 1. The maximum Gasteiger partial charge on any atom is 0.377 e. The summed E-state index contributed by atoms with van der Waals surface area (Å²) in [6.07, 6.45) is 0.654. The Bertz CT molecular complexity index is 319. The van der Waals surface area contributed by atoms with E-state index in [2.05, 4.69) is 6.58 Å². The van der Waals surface area contributed by atoms with Gasteiger partial charge in [-0.15, -0.1) is 0 Å². The van der Waals surface area contributed by atoms with Gasteiger partial charge < -0.3 is 4.74 Å². The van der Waals surface area contributed by atoms with Crippen molar-refractivity contribution in [3.8, 4) is 0 Å². The van der Waals surface area contributed by atoms with Crippen molar-refractivity contribution in [1.29, 1.82) is 0 Å². The van der Waals surface area contributed by atoms with Crippen molar-refractivity contribution in [1.82, 2.24) is 0 Å². The van der Waals surface area contributed by atoms with E-state index in [4.69, 9.17) is 4.74 Å². The molecule has 1 aromatic carbocycles. The van der Waals surface area contributed by atoms with Gasteiger partial charge in [0.2, 0.25) is 0 Å². The summed E-state index contributed by atoms with van der Waals surface area (Å²) in [7, 11) is 0. The van der Waals surface area contributed by atoms with Gasteiger partial charge in [0.1, 0.15) is 5.76 Å². The number of hydrogen-bond donors (Lipinski definition) is 0. The Morgan fingerprint density at radius 3 is 2.64 bits per heavy atom. The van der Waals surface area contributed by atoms with Crippen molar-refractivity contribution in [3.05, 3.63) is 42.7 Å². The minimum atomic E-state index is -0.331. The normalized spacial score (nSPS) is 9.50. The fourth-order valence-electron chi connectivity index (χ4n) is 0.796. The second kappa shape index (κ2) is 5.50. The molecule has 0 spiro atoms. The monoisotopic (exact) mass is 208 g/mol. The summed E-state index contributed by atoms with van der Waals surface area (Å²) in [5.74, 6) is 0.499. The summed E-state index contributed by atoms with van der Waals surface area (Å²) in [6.45, 7) is 5.49. The lowest BCUT2D eigenvalue weighted by atomic mass is 10.4. The van der Waals surface area contributed by atoms with Crippen molar-refractivity contribution in [2.45, 2.75) is 18.2 Å². The average molecular weight is 208 g/mol. The molecule has 3 heteroatoms. The molecular formula is C11H12O2S. The molecule has 0 radical (unpaired) electrons. The van der Waals surface area contributed by atoms with Crippen molar-refractivity contribution in [2.24, 2.45) is 0 Å². The Kier molecular flexibility index (Phi) is 4.26. The summed E-state index contributed by atoms with van der Waals surface area (Å²) in [5, 5.41) is -0.331. The molecule has 0 saturated heterocycles. The molecule has 2 nitrogen and oxygen atoms in total. The highest BCUT2D eigenvalue weighted by Gasteiger charge is 2.06. The average Bonchev–Trinajstić information content (AvgIpc) is 2.19. The predicted molar refractivity (Wildman–Crippen MR) is 58.2 cm³/mol. The van der Waals surface area contributed by atoms with E-state index in [-0.39, 0.29) is 5.30 Å². The summed E-state index contributed by atoms with van der Waals surface area (Å²) < 4.78 is 4.93. The molecule has 14 heavy (non-hydrogen) atoms. The minimum absolute atomic E-state index is 0.331. The molecule has 0 aliphatic carbocycles. The third-order valence-corrected chi connectivity index (χ3v) is 2.32. The van der Waals surface area contributed by atoms with Gasteiger partial charge in [0.25, 0.3) is 0 Å². The zero-order valence-corrected chi connectivity index (χ0v) is 8.84. The summed E-state index contributed by atoms with van der Waals surface area (Å²) in [4.78, 5) is 12.1. The zero-order chi connectivity index (χ0) is 10.4. The van der Waals surface area contributed by atoms with Crippen LogP contribution in [0.5, 0.6) is 0 Å². The molecule has 0 unspecified atom stereocenters. The summed E-state index contributed by atoms with van der Waals surface area (Å²) in [6, 6.07) is 9.39. The van der Waals surface area contributed by atoms with E-state index in [1.54, 1.807) is 0 Å². The Labute approximate surface area is 88.0 Å². The number of hydrogen-bond acceptors (Lipinski definition) is 3. The highest BCUT2D eigenvalue weighted by molar-refractivity contribution is 8.13. The smallest absolute Gasteiger partial charge is 0.377 e. The van der Waals surface area contributed by atoms with Gasteiger partial charge >= 0.3 is 5.30 Å². The first-order chi connectivity index (χ1) is 6.72. The van der Waals surface area contributed by atoms with Crippen LogP contribution in [-0.4, -0.2) is 5.30 Å². The lowest BCUT2D eigenvalue weighted by Crippen LogP contribution is -1.95. The van der Waals surface area contributed by atoms with Crippen molar-refractivity contribution < 1.29 is 9.53 Å². The number of ether oxygens (including phenoxy) is 1. The molecule has 0 bridgehead atoms. The Hall–Kier alpha value is -1.22. The maximum absolute atomic E-state index is 11.3. The standard InChI is InChI=1S/C11H12O2S/c1-3-9(2)13-11(12)14-10-7-5-4-6-8-10/h4-8H,2-3H2,1H3. The van der Waals surface area contributed by atoms with E-state index in [0.717, 1.165) is 16.7 Å². The van der Waals surface area contributed by atoms with Gasteiger partial charge in [-0.05, 0) is 23.9 Å². The fraction of sp³-hybridized carbons (Fsp3) is 0.182. The van der Waals surface area contributed by atoms with Crippen LogP contribution in [0.15, 0.2) is 47.6 Å². The highest BCUT2D eigenvalue weighted by Crippen LogP contribution is 2.20.